The van der Waals surface area contributed by atoms with Gasteiger partial charge < -0.3 is 8.83 Å². The molecule has 0 atom stereocenters. The van der Waals surface area contributed by atoms with E-state index in [4.69, 9.17) is 34.9 Å². The van der Waals surface area contributed by atoms with Crippen LogP contribution < -0.4 is 0 Å². The number of aromatic nitrogens is 3. The number of para-hydroxylation sites is 1. The van der Waals surface area contributed by atoms with Crippen LogP contribution in [-0.4, -0.2) is 15.0 Å². The van der Waals surface area contributed by atoms with Gasteiger partial charge in [0.1, 0.15) is 22.3 Å². The topological polar surface area (TPSA) is 65.0 Å². The van der Waals surface area contributed by atoms with Crippen molar-refractivity contribution in [3.63, 3.8) is 0 Å². The lowest BCUT2D eigenvalue weighted by Gasteiger charge is -2.10. The highest BCUT2D eigenvalue weighted by molar-refractivity contribution is 6.19. The Morgan fingerprint density at radius 3 is 1.85 bits per heavy atom. The van der Waals surface area contributed by atoms with Crippen molar-refractivity contribution in [1.29, 1.82) is 0 Å². The average molecular weight is 641 g/mol. The molecule has 10 rings (SSSR count). The molecule has 5 heteroatoms. The van der Waals surface area contributed by atoms with Crippen molar-refractivity contribution in [3.8, 4) is 45.3 Å². The molecule has 0 aliphatic rings. The van der Waals surface area contributed by atoms with Crippen molar-refractivity contribution in [2.75, 3.05) is 0 Å². The summed E-state index contributed by atoms with van der Waals surface area (Å²) in [4.78, 5) is 13.2. The van der Waals surface area contributed by atoms with Gasteiger partial charge in [0.15, 0.2) is 17.5 Å². The first-order chi connectivity index (χ1) is 34.2. The Morgan fingerprint density at radius 2 is 1.00 bits per heavy atom. The number of hydrogen-bond donors (Lipinski definition) is 0. The molecule has 0 bridgehead atoms. The Labute approximate surface area is 309 Å². The molecule has 0 radical (unpaired) electrons. The van der Waals surface area contributed by atoms with Gasteiger partial charge in [0, 0.05) is 38.2 Å². The Balaban J connectivity index is 1.39. The third-order valence-electron chi connectivity index (χ3n) is 7.33. The van der Waals surface area contributed by atoms with E-state index in [2.05, 4.69) is 15.0 Å². The predicted molar refractivity (Wildman–Crippen MR) is 194 cm³/mol. The molecule has 224 valence electrons. The monoisotopic (exact) mass is 640 g/mol. The summed E-state index contributed by atoms with van der Waals surface area (Å²) in [5.41, 5.74) is -5.63. The van der Waals surface area contributed by atoms with E-state index in [1.165, 1.54) is 0 Å². The lowest BCUT2D eigenvalue weighted by atomic mass is 10.0. The van der Waals surface area contributed by atoms with E-state index in [9.17, 15) is 8.22 Å². The fraction of sp³-hybridized carbons (Fsp3) is 0. The maximum Gasteiger partial charge on any atom is 0.164 e. The molecule has 0 aliphatic heterocycles. The van der Waals surface area contributed by atoms with Crippen molar-refractivity contribution in [3.05, 3.63) is 151 Å². The molecular weight excluding hydrogens is 590 g/mol. The van der Waals surface area contributed by atoms with Gasteiger partial charge in [-0.1, -0.05) is 115 Å². The summed E-state index contributed by atoms with van der Waals surface area (Å²) in [6, 6.07) is -20.6. The van der Waals surface area contributed by atoms with Gasteiger partial charge in [-0.2, -0.15) is 0 Å². The summed E-state index contributed by atoms with van der Waals surface area (Å²) in [6.45, 7) is 0. The van der Waals surface area contributed by atoms with E-state index in [1.807, 2.05) is 0 Å². The van der Waals surface area contributed by atoms with E-state index in [0.717, 1.165) is 0 Å². The van der Waals surface area contributed by atoms with E-state index >= 15 is 0 Å². The summed E-state index contributed by atoms with van der Waals surface area (Å²) >= 11 is 0. The number of hydrogen-bond acceptors (Lipinski definition) is 5. The van der Waals surface area contributed by atoms with E-state index in [1.54, 1.807) is 0 Å². The van der Waals surface area contributed by atoms with Gasteiger partial charge in [-0.05, 0) is 58.2 Å². The van der Waals surface area contributed by atoms with Crippen LogP contribution >= 0.6 is 0 Å². The standard InChI is InChI=1S/C43H25N3O2/c1-3-10-26(11-4-1)29-20-22-32-38(25-29)48-36-17-9-15-33(39(32)36)43-45-41(28-12-5-2-6-13-28)44-42(46-43)30-19-18-27-21-23-37-40(34(27)24-30)31-14-7-8-16-35(31)47-37/h1-25H/i1D,2D,3D,4D,5D,6D,7D,8D,9D,10D,11D,12D,13D,14D,15D,16D,17D,18D,19D,20D,21D,22D,23D,24D,25D. The molecule has 7 aromatic carbocycles. The number of rotatable bonds is 4. The van der Waals surface area contributed by atoms with E-state index < -0.39 is 240 Å². The quantitative estimate of drug-likeness (QED) is 0.191. The molecule has 0 N–H and O–H groups in total. The summed E-state index contributed by atoms with van der Waals surface area (Å²) in [6.07, 6.45) is 0. The van der Waals surface area contributed by atoms with Gasteiger partial charge in [-0.15, -0.1) is 0 Å². The normalized spacial score (nSPS) is 19.0. The molecule has 48 heavy (non-hydrogen) atoms. The van der Waals surface area contributed by atoms with Gasteiger partial charge in [0.25, 0.3) is 0 Å². The SMILES string of the molecule is [2H]c1c([2H])c([2H])c(-c2nc(-c3c([2H])c([2H])c4c([2H])c([2H])c5oc6c([2H])c([2H])c([2H])c([2H])c6c5c4c3[2H])nc(-c3c([2H])c([2H])c([2H])c4oc5c([2H])c(-c6c([2H])c([2H])c([2H])c([2H])c6[2H])c([2H])c([2H])c5c34)n2)c([2H])c1[2H]. The van der Waals surface area contributed by atoms with Crippen LogP contribution in [0.3, 0.4) is 0 Å². The first-order valence-corrected chi connectivity index (χ1v) is 13.9. The lowest BCUT2D eigenvalue weighted by molar-refractivity contribution is 0.669. The average Bonchev–Trinajstić information content (AvgIpc) is 3.96. The second-order valence-corrected chi connectivity index (χ2v) is 10.1. The Bertz CT molecular complexity index is 4230. The fourth-order valence-corrected chi connectivity index (χ4v) is 5.25. The van der Waals surface area contributed by atoms with Crippen molar-refractivity contribution >= 4 is 54.6 Å². The molecule has 10 aromatic rings. The van der Waals surface area contributed by atoms with Gasteiger partial charge in [-0.25, -0.2) is 15.0 Å². The molecule has 0 saturated heterocycles. The molecule has 0 aliphatic carbocycles. The predicted octanol–water partition coefficient (Wildman–Crippen LogP) is 11.5. The number of fused-ring (bicyclic) bond motifs is 8. The molecule has 0 saturated carbocycles. The summed E-state index contributed by atoms with van der Waals surface area (Å²) < 4.78 is 231. The zero-order valence-electron chi connectivity index (χ0n) is 48.7. The van der Waals surface area contributed by atoms with Gasteiger partial charge in [0.2, 0.25) is 0 Å². The second kappa shape index (κ2) is 10.5. The van der Waals surface area contributed by atoms with Crippen LogP contribution in [0.25, 0.3) is 99.9 Å². The first-order valence-electron chi connectivity index (χ1n) is 26.4. The largest absolute Gasteiger partial charge is 0.456 e. The first kappa shape index (κ1) is 11.9. The molecule has 0 fully saturated rings. The third kappa shape index (κ3) is 4.22. The molecule has 5 nitrogen and oxygen atoms in total. The van der Waals surface area contributed by atoms with E-state index in [0.29, 0.717) is 0 Å². The Hall–Kier alpha value is -6.59. The van der Waals surface area contributed by atoms with Crippen LogP contribution in [0.1, 0.15) is 34.3 Å². The molecule has 3 heterocycles. The zero-order chi connectivity index (χ0) is 53.4. The third-order valence-corrected chi connectivity index (χ3v) is 7.33. The summed E-state index contributed by atoms with van der Waals surface area (Å²) in [7, 11) is 0. The second-order valence-electron chi connectivity index (χ2n) is 10.1. The van der Waals surface area contributed by atoms with Crippen LogP contribution in [0, 0.1) is 0 Å². The molecule has 0 spiro atoms. The van der Waals surface area contributed by atoms with Crippen LogP contribution in [0.5, 0.6) is 0 Å². The van der Waals surface area contributed by atoms with Crippen LogP contribution in [0.2, 0.25) is 0 Å². The fourth-order valence-electron chi connectivity index (χ4n) is 5.25. The van der Waals surface area contributed by atoms with Gasteiger partial charge in [0.05, 0.1) is 34.3 Å². The smallest absolute Gasteiger partial charge is 0.164 e. The summed E-state index contributed by atoms with van der Waals surface area (Å²) in [5, 5.41) is -2.69. The van der Waals surface area contributed by atoms with Crippen molar-refractivity contribution in [2.24, 2.45) is 0 Å². The minimum absolute atomic E-state index is 0.342. The lowest BCUT2D eigenvalue weighted by Crippen LogP contribution is -2.00. The highest BCUT2D eigenvalue weighted by Crippen LogP contribution is 2.39. The maximum atomic E-state index is 9.71. The Morgan fingerprint density at radius 1 is 0.375 bits per heavy atom. The van der Waals surface area contributed by atoms with Crippen molar-refractivity contribution in [1.82, 2.24) is 15.0 Å². The minimum atomic E-state index is -0.914. The van der Waals surface area contributed by atoms with Crippen molar-refractivity contribution < 1.29 is 43.1 Å². The zero-order valence-corrected chi connectivity index (χ0v) is 23.7. The highest BCUT2D eigenvalue weighted by atomic mass is 16.3. The summed E-state index contributed by atoms with van der Waals surface area (Å²) in [5.74, 6) is -2.43. The Kier molecular flexibility index (Phi) is 2.59. The van der Waals surface area contributed by atoms with Gasteiger partial charge in [-0.3, -0.25) is 0 Å². The van der Waals surface area contributed by atoms with Crippen LogP contribution in [0.15, 0.2) is 160 Å². The molecule has 3 aromatic heterocycles. The number of benzene rings is 7. The molecule has 0 unspecified atom stereocenters. The maximum absolute atomic E-state index is 9.71. The van der Waals surface area contributed by atoms with Crippen LogP contribution in [-0.2, 0) is 0 Å². The van der Waals surface area contributed by atoms with Crippen molar-refractivity contribution in [2.45, 2.75) is 0 Å². The molecular formula is C43H25N3O2. The molecule has 0 amide bonds. The number of furan rings is 2. The van der Waals surface area contributed by atoms with E-state index in [-0.39, 0.29) is 10.8 Å². The number of nitrogens with zero attached hydrogens (tertiary/aromatic N) is 3. The highest BCUT2D eigenvalue weighted by Gasteiger charge is 2.19. The van der Waals surface area contributed by atoms with Gasteiger partial charge >= 0.3 is 0 Å². The minimum Gasteiger partial charge on any atom is -0.456 e. The van der Waals surface area contributed by atoms with Crippen LogP contribution in [0.4, 0.5) is 0 Å².